The van der Waals surface area contributed by atoms with Gasteiger partial charge in [-0.3, -0.25) is 0 Å². The first-order valence-electron chi connectivity index (χ1n) is 7.09. The number of hydrogen-bond acceptors (Lipinski definition) is 3. The van der Waals surface area contributed by atoms with Crippen LogP contribution in [0.3, 0.4) is 0 Å². The second-order valence-corrected chi connectivity index (χ2v) is 5.69. The van der Waals surface area contributed by atoms with Crippen molar-refractivity contribution in [2.45, 2.75) is 6.92 Å². The molecule has 0 saturated heterocycles. The number of para-hydroxylation sites is 1. The zero-order chi connectivity index (χ0) is 16.0. The maximum atomic E-state index is 13.3. The van der Waals surface area contributed by atoms with Gasteiger partial charge in [0.2, 0.25) is 0 Å². The van der Waals surface area contributed by atoms with Gasteiger partial charge in [0.05, 0.1) is 16.2 Å². The summed E-state index contributed by atoms with van der Waals surface area (Å²) in [5.41, 5.74) is 3.26. The van der Waals surface area contributed by atoms with E-state index in [9.17, 15) is 4.39 Å². The van der Waals surface area contributed by atoms with Crippen molar-refractivity contribution < 1.29 is 4.39 Å². The topological polar surface area (TPSA) is 42.2 Å². The molecule has 1 N–H and O–H groups in total. The molecule has 4 rings (SSSR count). The normalized spacial score (nSPS) is 11.3. The highest BCUT2D eigenvalue weighted by molar-refractivity contribution is 6.31. The van der Waals surface area contributed by atoms with Crippen LogP contribution in [-0.4, -0.2) is 14.6 Å². The summed E-state index contributed by atoms with van der Waals surface area (Å²) in [6.07, 6.45) is 0. The van der Waals surface area contributed by atoms with Crippen molar-refractivity contribution in [2.24, 2.45) is 0 Å². The van der Waals surface area contributed by atoms with E-state index in [-0.39, 0.29) is 5.02 Å². The number of aryl methyl sites for hydroxylation is 1. The van der Waals surface area contributed by atoms with Crippen LogP contribution in [0.1, 0.15) is 5.69 Å². The molecule has 114 valence electrons. The molecule has 0 radical (unpaired) electrons. The molecule has 0 unspecified atom stereocenters. The lowest BCUT2D eigenvalue weighted by molar-refractivity contribution is 0.628. The molecule has 0 atom stereocenters. The van der Waals surface area contributed by atoms with Gasteiger partial charge in [0, 0.05) is 17.1 Å². The SMILES string of the molecule is Cc1cc2nc(Nc3ccc(F)c(Cl)c3)c3ccccc3n2n1. The highest BCUT2D eigenvalue weighted by Crippen LogP contribution is 2.27. The highest BCUT2D eigenvalue weighted by atomic mass is 35.5. The van der Waals surface area contributed by atoms with Gasteiger partial charge in [-0.25, -0.2) is 13.9 Å². The molecule has 0 fully saturated rings. The van der Waals surface area contributed by atoms with Crippen molar-refractivity contribution in [3.8, 4) is 0 Å². The summed E-state index contributed by atoms with van der Waals surface area (Å²) in [6.45, 7) is 1.93. The fraction of sp³-hybridized carbons (Fsp3) is 0.0588. The maximum Gasteiger partial charge on any atom is 0.158 e. The summed E-state index contributed by atoms with van der Waals surface area (Å²) in [5.74, 6) is 0.229. The molecular formula is C17H12ClFN4. The fourth-order valence-electron chi connectivity index (χ4n) is 2.58. The minimum atomic E-state index is -0.447. The van der Waals surface area contributed by atoms with Crippen LogP contribution in [0.25, 0.3) is 16.6 Å². The fourth-order valence-corrected chi connectivity index (χ4v) is 2.76. The Morgan fingerprint density at radius 3 is 2.78 bits per heavy atom. The Kier molecular flexibility index (Phi) is 3.16. The lowest BCUT2D eigenvalue weighted by atomic mass is 10.2. The van der Waals surface area contributed by atoms with Gasteiger partial charge in [-0.05, 0) is 37.3 Å². The Labute approximate surface area is 136 Å². The minimum Gasteiger partial charge on any atom is -0.340 e. The van der Waals surface area contributed by atoms with Gasteiger partial charge in [0.25, 0.3) is 0 Å². The Balaban J connectivity index is 1.92. The van der Waals surface area contributed by atoms with Gasteiger partial charge in [-0.15, -0.1) is 0 Å². The Morgan fingerprint density at radius 1 is 1.13 bits per heavy atom. The van der Waals surface area contributed by atoms with E-state index in [1.807, 2.05) is 41.8 Å². The number of benzene rings is 2. The van der Waals surface area contributed by atoms with Crippen molar-refractivity contribution in [1.29, 1.82) is 0 Å². The first-order valence-corrected chi connectivity index (χ1v) is 7.47. The predicted molar refractivity (Wildman–Crippen MR) is 89.9 cm³/mol. The zero-order valence-corrected chi connectivity index (χ0v) is 13.0. The zero-order valence-electron chi connectivity index (χ0n) is 12.2. The molecule has 23 heavy (non-hydrogen) atoms. The van der Waals surface area contributed by atoms with Crippen LogP contribution in [0.2, 0.25) is 5.02 Å². The van der Waals surface area contributed by atoms with Crippen molar-refractivity contribution in [3.05, 3.63) is 65.1 Å². The second-order valence-electron chi connectivity index (χ2n) is 5.29. The third-order valence-electron chi connectivity index (χ3n) is 3.61. The Hall–Kier alpha value is -2.66. The highest BCUT2D eigenvalue weighted by Gasteiger charge is 2.10. The minimum absolute atomic E-state index is 0.0700. The first-order chi connectivity index (χ1) is 11.1. The molecule has 0 aliphatic rings. The number of aromatic nitrogens is 3. The van der Waals surface area contributed by atoms with Crippen LogP contribution >= 0.6 is 11.6 Å². The monoisotopic (exact) mass is 326 g/mol. The molecule has 0 bridgehead atoms. The molecule has 0 aliphatic carbocycles. The van der Waals surface area contributed by atoms with Crippen LogP contribution in [0.4, 0.5) is 15.9 Å². The van der Waals surface area contributed by atoms with Gasteiger partial charge in [0.15, 0.2) is 5.65 Å². The lowest BCUT2D eigenvalue weighted by Gasteiger charge is -2.10. The number of anilines is 2. The number of nitrogens with one attached hydrogen (secondary N) is 1. The molecular weight excluding hydrogens is 315 g/mol. The standard InChI is InChI=1S/C17H12ClFN4/c1-10-8-16-21-17(20-11-6-7-14(19)13(18)9-11)12-4-2-3-5-15(12)23(16)22-10/h2-9H,1H3,(H,20,21). The van der Waals surface area contributed by atoms with Crippen LogP contribution < -0.4 is 5.32 Å². The maximum absolute atomic E-state index is 13.3. The molecule has 6 heteroatoms. The van der Waals surface area contributed by atoms with E-state index in [4.69, 9.17) is 11.6 Å². The van der Waals surface area contributed by atoms with E-state index in [2.05, 4.69) is 15.4 Å². The Bertz CT molecular complexity index is 1040. The summed E-state index contributed by atoms with van der Waals surface area (Å²) in [7, 11) is 0. The second kappa shape index (κ2) is 5.21. The number of halogens is 2. The third kappa shape index (κ3) is 2.39. The molecule has 0 spiro atoms. The molecule has 0 amide bonds. The van der Waals surface area contributed by atoms with Crippen molar-refractivity contribution >= 4 is 39.7 Å². The number of fused-ring (bicyclic) bond motifs is 3. The summed E-state index contributed by atoms with van der Waals surface area (Å²) >= 11 is 5.85. The van der Waals surface area contributed by atoms with Crippen molar-refractivity contribution in [2.75, 3.05) is 5.32 Å². The van der Waals surface area contributed by atoms with Gasteiger partial charge in [-0.2, -0.15) is 5.10 Å². The van der Waals surface area contributed by atoms with Crippen LogP contribution in [0.15, 0.2) is 48.5 Å². The molecule has 0 aliphatic heterocycles. The number of hydrogen-bond donors (Lipinski definition) is 1. The van der Waals surface area contributed by atoms with E-state index < -0.39 is 5.82 Å². The molecule has 2 aromatic carbocycles. The van der Waals surface area contributed by atoms with Gasteiger partial charge in [-0.1, -0.05) is 23.7 Å². The average molecular weight is 327 g/mol. The van der Waals surface area contributed by atoms with Crippen molar-refractivity contribution in [3.63, 3.8) is 0 Å². The smallest absolute Gasteiger partial charge is 0.158 e. The number of rotatable bonds is 2. The number of nitrogens with zero attached hydrogens (tertiary/aromatic N) is 3. The molecule has 2 heterocycles. The van der Waals surface area contributed by atoms with Crippen LogP contribution in [0.5, 0.6) is 0 Å². The summed E-state index contributed by atoms with van der Waals surface area (Å²) < 4.78 is 15.1. The average Bonchev–Trinajstić information content (AvgIpc) is 2.92. The van der Waals surface area contributed by atoms with E-state index >= 15 is 0 Å². The molecule has 0 saturated carbocycles. The summed E-state index contributed by atoms with van der Waals surface area (Å²) in [4.78, 5) is 4.62. The first kappa shape index (κ1) is 14.0. The van der Waals surface area contributed by atoms with E-state index in [1.165, 1.54) is 6.07 Å². The summed E-state index contributed by atoms with van der Waals surface area (Å²) in [5, 5.41) is 8.67. The quantitative estimate of drug-likeness (QED) is 0.579. The van der Waals surface area contributed by atoms with Crippen molar-refractivity contribution in [1.82, 2.24) is 14.6 Å². The van der Waals surface area contributed by atoms with Crippen LogP contribution in [-0.2, 0) is 0 Å². The molecule has 4 aromatic rings. The van der Waals surface area contributed by atoms with E-state index in [0.29, 0.717) is 11.5 Å². The van der Waals surface area contributed by atoms with Gasteiger partial charge < -0.3 is 5.32 Å². The molecule has 4 nitrogen and oxygen atoms in total. The molecule has 2 aromatic heterocycles. The van der Waals surface area contributed by atoms with Gasteiger partial charge in [0.1, 0.15) is 11.6 Å². The predicted octanol–water partition coefficient (Wildman–Crippen LogP) is 4.73. The Morgan fingerprint density at radius 2 is 1.96 bits per heavy atom. The summed E-state index contributed by atoms with van der Waals surface area (Å²) in [6, 6.07) is 14.3. The third-order valence-corrected chi connectivity index (χ3v) is 3.90. The van der Waals surface area contributed by atoms with Crippen LogP contribution in [0, 0.1) is 12.7 Å². The van der Waals surface area contributed by atoms with Gasteiger partial charge >= 0.3 is 0 Å². The largest absolute Gasteiger partial charge is 0.340 e. The van der Waals surface area contributed by atoms with E-state index in [1.54, 1.807) is 12.1 Å². The lowest BCUT2D eigenvalue weighted by Crippen LogP contribution is -2.00. The van der Waals surface area contributed by atoms with E-state index in [0.717, 1.165) is 22.2 Å².